The highest BCUT2D eigenvalue weighted by atomic mass is 16.3. The lowest BCUT2D eigenvalue weighted by atomic mass is 10.1. The second kappa shape index (κ2) is 6.09. The Morgan fingerprint density at radius 1 is 1.35 bits per heavy atom. The van der Waals surface area contributed by atoms with Crippen LogP contribution in [-0.2, 0) is 20.1 Å². The van der Waals surface area contributed by atoms with E-state index in [-0.39, 0.29) is 12.1 Å². The molecular formula is C17H25N5O. The van der Waals surface area contributed by atoms with E-state index in [1.807, 2.05) is 30.5 Å². The fraction of sp³-hybridized carbons (Fsp3) is 0.647. The van der Waals surface area contributed by atoms with Gasteiger partial charge >= 0.3 is 0 Å². The number of aliphatic hydroxyl groups excluding tert-OH is 1. The van der Waals surface area contributed by atoms with Gasteiger partial charge in [0.05, 0.1) is 18.1 Å². The largest absolute Gasteiger partial charge is 0.391 e. The van der Waals surface area contributed by atoms with Gasteiger partial charge in [-0.3, -0.25) is 4.68 Å². The molecule has 0 amide bonds. The molecule has 0 saturated heterocycles. The van der Waals surface area contributed by atoms with Crippen molar-refractivity contribution in [1.29, 1.82) is 0 Å². The minimum Gasteiger partial charge on any atom is -0.391 e. The van der Waals surface area contributed by atoms with E-state index in [0.717, 1.165) is 25.9 Å². The third-order valence-electron chi connectivity index (χ3n) is 5.11. The molecule has 2 heterocycles. The zero-order valence-electron chi connectivity index (χ0n) is 13.6. The van der Waals surface area contributed by atoms with Gasteiger partial charge in [-0.2, -0.15) is 5.10 Å². The van der Waals surface area contributed by atoms with Crippen LogP contribution in [0.1, 0.15) is 42.9 Å². The van der Waals surface area contributed by atoms with Crippen molar-refractivity contribution in [3.63, 3.8) is 0 Å². The molecule has 0 aromatic carbocycles. The lowest BCUT2D eigenvalue weighted by Crippen LogP contribution is -2.35. The summed E-state index contributed by atoms with van der Waals surface area (Å²) in [7, 11) is 1.99. The first-order chi connectivity index (χ1) is 11.2. The molecule has 0 aliphatic heterocycles. The van der Waals surface area contributed by atoms with Crippen LogP contribution < -0.4 is 5.32 Å². The van der Waals surface area contributed by atoms with Crippen LogP contribution in [0.2, 0.25) is 0 Å². The number of aryl methyl sites for hydroxylation is 1. The summed E-state index contributed by atoms with van der Waals surface area (Å²) in [5.74, 6) is 1.17. The standard InChI is InChI=1S/C17H25N5O/c1-21-10-14(17(20-21)13-2-3-13)8-19-15-6-12(7-16(15)23)9-22-5-4-18-11-22/h4-5,10-13,15-16,19,23H,2-3,6-9H2,1H3/t12?,15-,16-/m1/s1. The number of rotatable bonds is 6. The normalized spacial score (nSPS) is 27.7. The maximum atomic E-state index is 10.4. The molecule has 1 unspecified atom stereocenters. The maximum absolute atomic E-state index is 10.4. The summed E-state index contributed by atoms with van der Waals surface area (Å²) in [6, 6.07) is 0.177. The Labute approximate surface area is 136 Å². The molecule has 3 atom stereocenters. The van der Waals surface area contributed by atoms with E-state index >= 15 is 0 Å². The summed E-state index contributed by atoms with van der Waals surface area (Å²) in [6.07, 6.45) is 11.9. The highest BCUT2D eigenvalue weighted by molar-refractivity contribution is 5.24. The molecule has 0 bridgehead atoms. The van der Waals surface area contributed by atoms with Gasteiger partial charge < -0.3 is 15.0 Å². The first-order valence-electron chi connectivity index (χ1n) is 8.58. The van der Waals surface area contributed by atoms with Crippen molar-refractivity contribution < 1.29 is 5.11 Å². The van der Waals surface area contributed by atoms with E-state index in [1.165, 1.54) is 24.1 Å². The van der Waals surface area contributed by atoms with Gasteiger partial charge in [0.15, 0.2) is 0 Å². The Bertz CT molecular complexity index is 646. The first kappa shape index (κ1) is 14.9. The molecule has 23 heavy (non-hydrogen) atoms. The van der Waals surface area contributed by atoms with Crippen molar-refractivity contribution in [2.45, 2.75) is 56.8 Å². The molecule has 6 heteroatoms. The van der Waals surface area contributed by atoms with Crippen molar-refractivity contribution >= 4 is 0 Å². The highest BCUT2D eigenvalue weighted by Gasteiger charge is 2.34. The van der Waals surface area contributed by atoms with Crippen LogP contribution in [0.4, 0.5) is 0 Å². The third kappa shape index (κ3) is 3.33. The maximum Gasteiger partial charge on any atom is 0.0945 e. The second-order valence-electron chi connectivity index (χ2n) is 7.14. The Morgan fingerprint density at radius 2 is 2.22 bits per heavy atom. The number of aliphatic hydroxyl groups is 1. The average Bonchev–Trinajstić information content (AvgIpc) is 2.93. The summed E-state index contributed by atoms with van der Waals surface area (Å²) in [5, 5.41) is 18.5. The van der Waals surface area contributed by atoms with Crippen molar-refractivity contribution in [1.82, 2.24) is 24.6 Å². The van der Waals surface area contributed by atoms with Crippen molar-refractivity contribution in [2.75, 3.05) is 0 Å². The summed E-state index contributed by atoms with van der Waals surface area (Å²) in [5.41, 5.74) is 2.54. The van der Waals surface area contributed by atoms with Gasteiger partial charge in [-0.05, 0) is 31.6 Å². The lowest BCUT2D eigenvalue weighted by molar-refractivity contribution is 0.145. The van der Waals surface area contributed by atoms with Crippen molar-refractivity contribution in [3.05, 3.63) is 36.2 Å². The molecule has 0 spiro atoms. The van der Waals surface area contributed by atoms with Crippen molar-refractivity contribution in [2.24, 2.45) is 13.0 Å². The van der Waals surface area contributed by atoms with E-state index < -0.39 is 0 Å². The molecule has 2 fully saturated rings. The predicted octanol–water partition coefficient (Wildman–Crippen LogP) is 1.42. The summed E-state index contributed by atoms with van der Waals surface area (Å²) >= 11 is 0. The molecule has 2 aromatic rings. The molecule has 6 nitrogen and oxygen atoms in total. The van der Waals surface area contributed by atoms with Crippen LogP contribution in [-0.4, -0.2) is 36.6 Å². The number of aromatic nitrogens is 4. The average molecular weight is 315 g/mol. The Kier molecular flexibility index (Phi) is 3.95. The molecular weight excluding hydrogens is 290 g/mol. The zero-order valence-corrected chi connectivity index (χ0v) is 13.6. The Hall–Kier alpha value is -1.66. The molecule has 2 aromatic heterocycles. The fourth-order valence-electron chi connectivity index (χ4n) is 3.81. The lowest BCUT2D eigenvalue weighted by Gasteiger charge is -2.16. The minimum atomic E-state index is -0.260. The van der Waals surface area contributed by atoms with E-state index in [0.29, 0.717) is 11.8 Å². The van der Waals surface area contributed by atoms with Gasteiger partial charge in [0, 0.05) is 56.3 Å². The predicted molar refractivity (Wildman–Crippen MR) is 86.8 cm³/mol. The Balaban J connectivity index is 1.34. The van der Waals surface area contributed by atoms with Gasteiger partial charge in [-0.25, -0.2) is 4.98 Å². The van der Waals surface area contributed by atoms with Gasteiger partial charge in [0.1, 0.15) is 0 Å². The molecule has 2 aliphatic carbocycles. The third-order valence-corrected chi connectivity index (χ3v) is 5.11. The number of hydrogen-bond donors (Lipinski definition) is 2. The topological polar surface area (TPSA) is 67.9 Å². The van der Waals surface area contributed by atoms with Crippen LogP contribution in [0, 0.1) is 5.92 Å². The first-order valence-corrected chi connectivity index (χ1v) is 8.58. The van der Waals surface area contributed by atoms with E-state index in [4.69, 9.17) is 0 Å². The van der Waals surface area contributed by atoms with E-state index in [1.54, 1.807) is 0 Å². The smallest absolute Gasteiger partial charge is 0.0945 e. The van der Waals surface area contributed by atoms with Crippen LogP contribution in [0.3, 0.4) is 0 Å². The fourth-order valence-corrected chi connectivity index (χ4v) is 3.81. The molecule has 2 N–H and O–H groups in total. The minimum absolute atomic E-state index is 0.177. The van der Waals surface area contributed by atoms with E-state index in [2.05, 4.69) is 26.2 Å². The second-order valence-corrected chi connectivity index (χ2v) is 7.14. The highest BCUT2D eigenvalue weighted by Crippen LogP contribution is 2.40. The van der Waals surface area contributed by atoms with Crippen LogP contribution in [0.25, 0.3) is 0 Å². The van der Waals surface area contributed by atoms with Crippen LogP contribution in [0.5, 0.6) is 0 Å². The summed E-state index contributed by atoms with van der Waals surface area (Å²) in [4.78, 5) is 4.09. The van der Waals surface area contributed by atoms with E-state index in [9.17, 15) is 5.11 Å². The number of nitrogens with zero attached hydrogens (tertiary/aromatic N) is 4. The van der Waals surface area contributed by atoms with Gasteiger partial charge in [-0.1, -0.05) is 0 Å². The SMILES string of the molecule is Cn1cc(CN[C@@H]2CC(Cn3ccnc3)C[C@H]2O)c(C2CC2)n1. The van der Waals surface area contributed by atoms with Crippen LogP contribution in [0.15, 0.2) is 24.9 Å². The molecule has 2 saturated carbocycles. The van der Waals surface area contributed by atoms with Gasteiger partial charge in [-0.15, -0.1) is 0 Å². The van der Waals surface area contributed by atoms with Crippen molar-refractivity contribution in [3.8, 4) is 0 Å². The van der Waals surface area contributed by atoms with Crippen LogP contribution >= 0.6 is 0 Å². The number of imidazole rings is 1. The molecule has 4 rings (SSSR count). The van der Waals surface area contributed by atoms with Gasteiger partial charge in [0.2, 0.25) is 0 Å². The summed E-state index contributed by atoms with van der Waals surface area (Å²) in [6.45, 7) is 1.74. The number of nitrogens with one attached hydrogen (secondary N) is 1. The molecule has 0 radical (unpaired) electrons. The molecule has 124 valence electrons. The molecule has 2 aliphatic rings. The number of hydrogen-bond acceptors (Lipinski definition) is 4. The Morgan fingerprint density at radius 3 is 2.96 bits per heavy atom. The summed E-state index contributed by atoms with van der Waals surface area (Å²) < 4.78 is 4.02. The van der Waals surface area contributed by atoms with Gasteiger partial charge in [0.25, 0.3) is 0 Å². The quantitative estimate of drug-likeness (QED) is 0.846. The monoisotopic (exact) mass is 315 g/mol. The zero-order chi connectivity index (χ0) is 15.8.